The first-order valence-corrected chi connectivity index (χ1v) is 12.6. The lowest BCUT2D eigenvalue weighted by atomic mass is 10.2. The van der Waals surface area contributed by atoms with Crippen LogP contribution in [0.4, 0.5) is 10.3 Å². The van der Waals surface area contributed by atoms with Gasteiger partial charge in [-0.25, -0.2) is 0 Å². The third-order valence-electron chi connectivity index (χ3n) is 3.38. The summed E-state index contributed by atoms with van der Waals surface area (Å²) in [4.78, 5) is 27.8. The van der Waals surface area contributed by atoms with Crippen LogP contribution in [0.5, 0.6) is 0 Å². The Kier molecular flexibility index (Phi) is 8.99. The zero-order chi connectivity index (χ0) is 21.2. The van der Waals surface area contributed by atoms with E-state index >= 15 is 0 Å². The van der Waals surface area contributed by atoms with Gasteiger partial charge in [0.25, 0.3) is 0 Å². The topological polar surface area (TPSA) is 123 Å². The Balaban J connectivity index is 1.36. The number of hydrogen-bond acceptors (Lipinski definition) is 11. The lowest BCUT2D eigenvalue weighted by molar-refractivity contribution is -0.116. The van der Waals surface area contributed by atoms with Crippen LogP contribution in [-0.4, -0.2) is 48.7 Å². The van der Waals surface area contributed by atoms with E-state index in [1.165, 1.54) is 22.7 Å². The highest BCUT2D eigenvalue weighted by Crippen LogP contribution is 2.29. The van der Waals surface area contributed by atoms with Crippen LogP contribution in [0.15, 0.2) is 33.1 Å². The Hall–Kier alpha value is -2.09. The molecule has 3 rings (SSSR count). The van der Waals surface area contributed by atoms with Crippen LogP contribution in [0.25, 0.3) is 0 Å². The molecule has 3 heterocycles. The molecule has 0 aliphatic heterocycles. The molecule has 0 saturated carbocycles. The monoisotopic (exact) mass is 481 g/mol. The second-order valence-electron chi connectivity index (χ2n) is 5.79. The number of carbonyl (C=O) groups excluding carboxylic acids is 2. The molecule has 0 radical (unpaired) electrons. The third kappa shape index (κ3) is 7.63. The number of nitrogens with one attached hydrogen (secondary N) is 2. The van der Waals surface area contributed by atoms with Crippen molar-refractivity contribution >= 4 is 68.3 Å². The summed E-state index contributed by atoms with van der Waals surface area (Å²) in [5, 5.41) is 22.7. The number of anilines is 2. The van der Waals surface area contributed by atoms with Crippen molar-refractivity contribution in [3.63, 3.8) is 0 Å². The average Bonchev–Trinajstić information content (AvgIpc) is 3.35. The van der Waals surface area contributed by atoms with Gasteiger partial charge in [0.05, 0.1) is 6.42 Å². The van der Waals surface area contributed by atoms with Crippen molar-refractivity contribution in [1.82, 2.24) is 25.4 Å². The first-order valence-electron chi connectivity index (χ1n) is 9.04. The van der Waals surface area contributed by atoms with Crippen molar-refractivity contribution in [2.45, 2.75) is 34.9 Å². The van der Waals surface area contributed by atoms with E-state index in [1.54, 1.807) is 35.8 Å². The minimum absolute atomic E-state index is 0.0417. The molecule has 0 spiro atoms. The standard InChI is InChI=1S/C17H19N7O2S4/c1-2-5-12(25)19-14-21-23-16(29-14)27-8-9-28-17-24-22-15(30-17)20-13(26)10-11-6-3-4-7-18-11/h3-4,6-7H,2,5,8-10H2,1H3,(H,19,21,25)(H,20,22,26). The molecule has 0 bridgehead atoms. The molecule has 0 aliphatic rings. The van der Waals surface area contributed by atoms with E-state index in [0.29, 0.717) is 22.4 Å². The van der Waals surface area contributed by atoms with Crippen molar-refractivity contribution in [1.29, 1.82) is 0 Å². The van der Waals surface area contributed by atoms with Gasteiger partial charge in [-0.2, -0.15) is 0 Å². The molecular weight excluding hydrogens is 463 g/mol. The Labute approximate surface area is 189 Å². The molecule has 158 valence electrons. The number of pyridine rings is 1. The molecule has 0 unspecified atom stereocenters. The van der Waals surface area contributed by atoms with Crippen LogP contribution in [0, 0.1) is 0 Å². The molecule has 9 nitrogen and oxygen atoms in total. The van der Waals surface area contributed by atoms with Crippen molar-refractivity contribution in [2.24, 2.45) is 0 Å². The number of hydrogen-bond donors (Lipinski definition) is 2. The molecule has 0 aliphatic carbocycles. The Morgan fingerprint density at radius 2 is 1.57 bits per heavy atom. The van der Waals surface area contributed by atoms with Crippen molar-refractivity contribution in [3.05, 3.63) is 30.1 Å². The Morgan fingerprint density at radius 1 is 0.933 bits per heavy atom. The summed E-state index contributed by atoms with van der Waals surface area (Å²) in [6.45, 7) is 1.95. The predicted octanol–water partition coefficient (Wildman–Crippen LogP) is 3.59. The summed E-state index contributed by atoms with van der Waals surface area (Å²) >= 11 is 5.84. The lowest BCUT2D eigenvalue weighted by Gasteiger charge is -2.00. The fourth-order valence-electron chi connectivity index (χ4n) is 2.13. The lowest BCUT2D eigenvalue weighted by Crippen LogP contribution is -2.14. The molecule has 0 fully saturated rings. The second kappa shape index (κ2) is 11.9. The molecule has 0 atom stereocenters. The van der Waals surface area contributed by atoms with Gasteiger partial charge < -0.3 is 10.6 Å². The zero-order valence-corrected chi connectivity index (χ0v) is 19.3. The molecule has 2 amide bonds. The first kappa shape index (κ1) is 22.6. The Morgan fingerprint density at radius 3 is 2.13 bits per heavy atom. The number of nitrogens with zero attached hydrogens (tertiary/aromatic N) is 5. The fraction of sp³-hybridized carbons (Fsp3) is 0.353. The summed E-state index contributed by atoms with van der Waals surface area (Å²) in [7, 11) is 0. The maximum absolute atomic E-state index is 12.1. The van der Waals surface area contributed by atoms with Gasteiger partial charge in [-0.05, 0) is 18.6 Å². The molecule has 30 heavy (non-hydrogen) atoms. The smallest absolute Gasteiger partial charge is 0.232 e. The summed E-state index contributed by atoms with van der Waals surface area (Å²) in [5.41, 5.74) is 0.705. The number of aromatic nitrogens is 5. The van der Waals surface area contributed by atoms with E-state index in [2.05, 4.69) is 36.0 Å². The van der Waals surface area contributed by atoms with E-state index in [4.69, 9.17) is 0 Å². The highest BCUT2D eigenvalue weighted by molar-refractivity contribution is 8.04. The predicted molar refractivity (Wildman–Crippen MR) is 121 cm³/mol. The molecule has 0 saturated heterocycles. The van der Waals surface area contributed by atoms with E-state index < -0.39 is 0 Å². The van der Waals surface area contributed by atoms with Gasteiger partial charge in [-0.3, -0.25) is 14.6 Å². The zero-order valence-electron chi connectivity index (χ0n) is 16.0. The third-order valence-corrected chi connectivity index (χ3v) is 7.59. The SMILES string of the molecule is CCCC(=O)Nc1nnc(SCCSc2nnc(NC(=O)Cc3ccccn3)s2)s1. The highest BCUT2D eigenvalue weighted by atomic mass is 32.2. The number of thioether (sulfide) groups is 2. The van der Waals surface area contributed by atoms with Gasteiger partial charge in [0.2, 0.25) is 22.1 Å². The summed E-state index contributed by atoms with van der Waals surface area (Å²) < 4.78 is 1.59. The van der Waals surface area contributed by atoms with Gasteiger partial charge in [-0.1, -0.05) is 59.2 Å². The molecule has 3 aromatic rings. The van der Waals surface area contributed by atoms with Crippen LogP contribution in [0.2, 0.25) is 0 Å². The number of carbonyl (C=O) groups is 2. The van der Waals surface area contributed by atoms with Crippen molar-refractivity contribution in [2.75, 3.05) is 22.1 Å². The molecular formula is C17H19N7O2S4. The van der Waals surface area contributed by atoms with Crippen LogP contribution >= 0.6 is 46.2 Å². The highest BCUT2D eigenvalue weighted by Gasteiger charge is 2.11. The van der Waals surface area contributed by atoms with E-state index in [0.717, 1.165) is 26.6 Å². The second-order valence-corrected chi connectivity index (χ2v) is 10.4. The van der Waals surface area contributed by atoms with E-state index in [1.807, 2.05) is 19.1 Å². The molecule has 2 N–H and O–H groups in total. The molecule has 0 aromatic carbocycles. The van der Waals surface area contributed by atoms with E-state index in [-0.39, 0.29) is 18.2 Å². The van der Waals surface area contributed by atoms with Gasteiger partial charge in [0.15, 0.2) is 8.68 Å². The Bertz CT molecular complexity index is 964. The van der Waals surface area contributed by atoms with Gasteiger partial charge in [-0.15, -0.1) is 20.4 Å². The maximum atomic E-state index is 12.1. The quantitative estimate of drug-likeness (QED) is 0.240. The molecule has 13 heteroatoms. The van der Waals surface area contributed by atoms with Crippen molar-refractivity contribution < 1.29 is 9.59 Å². The van der Waals surface area contributed by atoms with E-state index in [9.17, 15) is 9.59 Å². The largest absolute Gasteiger partial charge is 0.301 e. The summed E-state index contributed by atoms with van der Waals surface area (Å²) in [5.74, 6) is 1.40. The fourth-order valence-corrected chi connectivity index (χ4v) is 5.78. The van der Waals surface area contributed by atoms with Gasteiger partial charge in [0.1, 0.15) is 0 Å². The normalized spacial score (nSPS) is 10.7. The number of rotatable bonds is 11. The van der Waals surface area contributed by atoms with Crippen LogP contribution in [0.1, 0.15) is 25.5 Å². The van der Waals surface area contributed by atoms with Gasteiger partial charge in [0, 0.05) is 29.8 Å². The number of amides is 2. The maximum Gasteiger partial charge on any atom is 0.232 e. The minimum Gasteiger partial charge on any atom is -0.301 e. The summed E-state index contributed by atoms with van der Waals surface area (Å²) in [6.07, 6.45) is 3.13. The average molecular weight is 482 g/mol. The first-order chi connectivity index (χ1) is 14.6. The van der Waals surface area contributed by atoms with Crippen LogP contribution in [0.3, 0.4) is 0 Å². The summed E-state index contributed by atoms with van der Waals surface area (Å²) in [6, 6.07) is 5.46. The van der Waals surface area contributed by atoms with Crippen LogP contribution < -0.4 is 10.6 Å². The van der Waals surface area contributed by atoms with Crippen molar-refractivity contribution in [3.8, 4) is 0 Å². The van der Waals surface area contributed by atoms with Gasteiger partial charge >= 0.3 is 0 Å². The molecule has 3 aromatic heterocycles. The van der Waals surface area contributed by atoms with Crippen LogP contribution in [-0.2, 0) is 16.0 Å². The minimum atomic E-state index is -0.171.